The summed E-state index contributed by atoms with van der Waals surface area (Å²) in [4.78, 5) is 10.0. The lowest BCUT2D eigenvalue weighted by Crippen LogP contribution is -2.19. The molecule has 1 aromatic carbocycles. The zero-order valence-electron chi connectivity index (χ0n) is 11.2. The molecule has 4 nitrogen and oxygen atoms in total. The molecule has 0 radical (unpaired) electrons. The first-order valence-corrected chi connectivity index (χ1v) is 6.53. The molecule has 2 rings (SSSR count). The smallest absolute Gasteiger partial charge is 0.104 e. The highest BCUT2D eigenvalue weighted by Crippen LogP contribution is 2.14. The zero-order chi connectivity index (χ0) is 13.0. The normalized spacial score (nSPS) is 11.6. The van der Waals surface area contributed by atoms with Gasteiger partial charge in [-0.15, -0.1) is 0 Å². The molecule has 1 heterocycles. The Morgan fingerprint density at radius 1 is 1.33 bits per heavy atom. The van der Waals surface area contributed by atoms with Crippen molar-refractivity contribution >= 4 is 11.0 Å². The van der Waals surface area contributed by atoms with Crippen molar-refractivity contribution in [3.63, 3.8) is 0 Å². The van der Waals surface area contributed by atoms with E-state index in [1.54, 1.807) is 0 Å². The van der Waals surface area contributed by atoms with Crippen LogP contribution in [0.4, 0.5) is 0 Å². The van der Waals surface area contributed by atoms with Crippen molar-refractivity contribution in [2.24, 2.45) is 5.73 Å². The van der Waals surface area contributed by atoms with Gasteiger partial charge in [0, 0.05) is 6.54 Å². The van der Waals surface area contributed by atoms with Gasteiger partial charge in [0.15, 0.2) is 0 Å². The summed E-state index contributed by atoms with van der Waals surface area (Å²) in [6.07, 6.45) is 2.27. The summed E-state index contributed by atoms with van der Waals surface area (Å²) in [5.41, 5.74) is 8.99. The van der Waals surface area contributed by atoms with Gasteiger partial charge in [0.2, 0.25) is 0 Å². The monoisotopic (exact) mass is 246 g/mol. The molecular formula is C14H22N4. The van der Waals surface area contributed by atoms with E-state index in [1.807, 2.05) is 6.92 Å². The molecule has 0 spiro atoms. The molecule has 0 atom stereocenters. The van der Waals surface area contributed by atoms with Gasteiger partial charge in [0.05, 0.1) is 11.0 Å². The number of nitrogens with one attached hydrogen (secondary N) is 1. The standard InChI is InChI=1S/C14H22N4/c1-11-16-13-6-5-12(9-14(13)17-11)10-18(2)8-4-3-7-15/h5-6,9H,3-4,7-8,10,15H2,1-2H3,(H,16,17). The molecule has 0 aliphatic carbocycles. The van der Waals surface area contributed by atoms with Crippen LogP contribution in [0.15, 0.2) is 18.2 Å². The number of aromatic nitrogens is 2. The number of nitrogens with zero attached hydrogens (tertiary/aromatic N) is 2. The van der Waals surface area contributed by atoms with E-state index in [-0.39, 0.29) is 0 Å². The first-order chi connectivity index (χ1) is 8.69. The fourth-order valence-electron chi connectivity index (χ4n) is 2.20. The number of aryl methyl sites for hydroxylation is 1. The highest BCUT2D eigenvalue weighted by Gasteiger charge is 2.03. The van der Waals surface area contributed by atoms with Crippen LogP contribution in [0.2, 0.25) is 0 Å². The van der Waals surface area contributed by atoms with Crippen molar-refractivity contribution in [3.8, 4) is 0 Å². The van der Waals surface area contributed by atoms with E-state index in [0.717, 1.165) is 42.9 Å². The van der Waals surface area contributed by atoms with Crippen LogP contribution in [0.3, 0.4) is 0 Å². The number of hydrogen-bond acceptors (Lipinski definition) is 3. The largest absolute Gasteiger partial charge is 0.342 e. The minimum Gasteiger partial charge on any atom is -0.342 e. The van der Waals surface area contributed by atoms with Crippen LogP contribution >= 0.6 is 0 Å². The van der Waals surface area contributed by atoms with Crippen LogP contribution in [0.1, 0.15) is 24.2 Å². The van der Waals surface area contributed by atoms with Crippen LogP contribution in [0.25, 0.3) is 11.0 Å². The lowest BCUT2D eigenvalue weighted by atomic mass is 10.2. The average molecular weight is 246 g/mol. The molecule has 0 amide bonds. The van der Waals surface area contributed by atoms with Crippen molar-refractivity contribution < 1.29 is 0 Å². The summed E-state index contributed by atoms with van der Waals surface area (Å²) in [6, 6.07) is 6.43. The predicted octanol–water partition coefficient (Wildman–Crippen LogP) is 2.04. The summed E-state index contributed by atoms with van der Waals surface area (Å²) >= 11 is 0. The van der Waals surface area contributed by atoms with Gasteiger partial charge in [-0.1, -0.05) is 6.07 Å². The maximum absolute atomic E-state index is 5.50. The van der Waals surface area contributed by atoms with Crippen LogP contribution in [-0.2, 0) is 6.54 Å². The van der Waals surface area contributed by atoms with Gasteiger partial charge in [0.25, 0.3) is 0 Å². The number of H-pyrrole nitrogens is 1. The van der Waals surface area contributed by atoms with Crippen molar-refractivity contribution in [2.75, 3.05) is 20.1 Å². The number of nitrogens with two attached hydrogens (primary N) is 1. The third kappa shape index (κ3) is 3.31. The molecule has 0 unspecified atom stereocenters. The second-order valence-corrected chi connectivity index (χ2v) is 4.91. The van der Waals surface area contributed by atoms with Gasteiger partial charge in [-0.25, -0.2) is 4.98 Å². The van der Waals surface area contributed by atoms with Crippen molar-refractivity contribution in [3.05, 3.63) is 29.6 Å². The molecule has 0 fully saturated rings. The van der Waals surface area contributed by atoms with E-state index in [0.29, 0.717) is 0 Å². The average Bonchev–Trinajstić information content (AvgIpc) is 2.69. The second-order valence-electron chi connectivity index (χ2n) is 4.91. The maximum Gasteiger partial charge on any atom is 0.104 e. The van der Waals surface area contributed by atoms with Crippen molar-refractivity contribution in [1.29, 1.82) is 0 Å². The SMILES string of the molecule is Cc1nc2ccc(CN(C)CCCCN)cc2[nH]1. The molecule has 1 aromatic heterocycles. The Labute approximate surface area is 108 Å². The van der Waals surface area contributed by atoms with Crippen LogP contribution < -0.4 is 5.73 Å². The topological polar surface area (TPSA) is 57.9 Å². The number of fused-ring (bicyclic) bond motifs is 1. The summed E-state index contributed by atoms with van der Waals surface area (Å²) in [5.74, 6) is 0.971. The van der Waals surface area contributed by atoms with Gasteiger partial charge in [-0.05, 0) is 57.6 Å². The van der Waals surface area contributed by atoms with Gasteiger partial charge < -0.3 is 15.6 Å². The van der Waals surface area contributed by atoms with E-state index in [9.17, 15) is 0 Å². The van der Waals surface area contributed by atoms with Gasteiger partial charge in [0.1, 0.15) is 5.82 Å². The van der Waals surface area contributed by atoms with Gasteiger partial charge >= 0.3 is 0 Å². The zero-order valence-corrected chi connectivity index (χ0v) is 11.2. The number of rotatable bonds is 6. The van der Waals surface area contributed by atoms with Gasteiger partial charge in [-0.3, -0.25) is 0 Å². The second kappa shape index (κ2) is 5.98. The molecule has 0 bridgehead atoms. The molecule has 98 valence electrons. The minimum atomic E-state index is 0.785. The van der Waals surface area contributed by atoms with E-state index >= 15 is 0 Å². The molecule has 4 heteroatoms. The molecular weight excluding hydrogens is 224 g/mol. The number of benzene rings is 1. The van der Waals surface area contributed by atoms with Crippen LogP contribution in [-0.4, -0.2) is 35.0 Å². The Morgan fingerprint density at radius 3 is 2.94 bits per heavy atom. The van der Waals surface area contributed by atoms with E-state index in [1.165, 1.54) is 12.0 Å². The van der Waals surface area contributed by atoms with Crippen LogP contribution in [0.5, 0.6) is 0 Å². The molecule has 3 N–H and O–H groups in total. The van der Waals surface area contributed by atoms with Crippen molar-refractivity contribution in [2.45, 2.75) is 26.3 Å². The minimum absolute atomic E-state index is 0.785. The number of aromatic amines is 1. The Kier molecular flexibility index (Phi) is 4.33. The van der Waals surface area contributed by atoms with E-state index in [4.69, 9.17) is 5.73 Å². The molecule has 18 heavy (non-hydrogen) atoms. The summed E-state index contributed by atoms with van der Waals surface area (Å²) in [6.45, 7) is 4.83. The Morgan fingerprint density at radius 2 is 2.17 bits per heavy atom. The molecule has 0 aliphatic heterocycles. The highest BCUT2D eigenvalue weighted by atomic mass is 15.1. The highest BCUT2D eigenvalue weighted by molar-refractivity contribution is 5.75. The third-order valence-electron chi connectivity index (χ3n) is 3.11. The van der Waals surface area contributed by atoms with Crippen molar-refractivity contribution in [1.82, 2.24) is 14.9 Å². The summed E-state index contributed by atoms with van der Waals surface area (Å²) in [7, 11) is 2.15. The number of imidazole rings is 1. The van der Waals surface area contributed by atoms with Crippen LogP contribution in [0, 0.1) is 6.92 Å². The first-order valence-electron chi connectivity index (χ1n) is 6.53. The maximum atomic E-state index is 5.50. The number of hydrogen-bond donors (Lipinski definition) is 2. The molecule has 0 saturated carbocycles. The molecule has 2 aromatic rings. The number of unbranched alkanes of at least 4 members (excludes halogenated alkanes) is 1. The predicted molar refractivity (Wildman–Crippen MR) is 75.5 cm³/mol. The fourth-order valence-corrected chi connectivity index (χ4v) is 2.20. The van der Waals surface area contributed by atoms with Gasteiger partial charge in [-0.2, -0.15) is 0 Å². The Hall–Kier alpha value is -1.39. The van der Waals surface area contributed by atoms with E-state index in [2.05, 4.69) is 40.1 Å². The lowest BCUT2D eigenvalue weighted by Gasteiger charge is -2.16. The fraction of sp³-hybridized carbons (Fsp3) is 0.500. The lowest BCUT2D eigenvalue weighted by molar-refractivity contribution is 0.319. The Balaban J connectivity index is 1.98. The summed E-state index contributed by atoms with van der Waals surface area (Å²) < 4.78 is 0. The van der Waals surface area contributed by atoms with E-state index < -0.39 is 0 Å². The molecule has 0 saturated heterocycles. The quantitative estimate of drug-likeness (QED) is 0.767. The summed E-state index contributed by atoms with van der Waals surface area (Å²) in [5, 5.41) is 0. The first kappa shape index (κ1) is 13.1. The third-order valence-corrected chi connectivity index (χ3v) is 3.11. The Bertz CT molecular complexity index is 503. The molecule has 0 aliphatic rings.